The SMILES string of the molecule is CC(C)(CO)N1NNc2cc(-c3noc(-c4ccc5nc[nH]c5c4)n3)ccc21. The molecule has 5 rings (SSSR count). The summed E-state index contributed by atoms with van der Waals surface area (Å²) in [7, 11) is 0. The van der Waals surface area contributed by atoms with Gasteiger partial charge in [0.05, 0.1) is 40.9 Å². The van der Waals surface area contributed by atoms with Gasteiger partial charge in [0.25, 0.3) is 5.89 Å². The Morgan fingerprint density at radius 2 is 2.00 bits per heavy atom. The maximum Gasteiger partial charge on any atom is 0.258 e. The fraction of sp³-hybridized carbons (Fsp3) is 0.211. The van der Waals surface area contributed by atoms with Crippen LogP contribution in [0.25, 0.3) is 33.9 Å². The van der Waals surface area contributed by atoms with Crippen molar-refractivity contribution in [3.8, 4) is 22.8 Å². The summed E-state index contributed by atoms with van der Waals surface area (Å²) in [6, 6.07) is 11.6. The molecule has 0 saturated carbocycles. The summed E-state index contributed by atoms with van der Waals surface area (Å²) in [6.45, 7) is 3.91. The van der Waals surface area contributed by atoms with Crippen LogP contribution in [0.15, 0.2) is 47.2 Å². The molecule has 0 fully saturated rings. The van der Waals surface area contributed by atoms with Crippen LogP contribution in [0.5, 0.6) is 0 Å². The van der Waals surface area contributed by atoms with E-state index in [2.05, 4.69) is 31.1 Å². The minimum absolute atomic E-state index is 0.0117. The van der Waals surface area contributed by atoms with E-state index >= 15 is 0 Å². The van der Waals surface area contributed by atoms with Crippen molar-refractivity contribution in [2.24, 2.45) is 0 Å². The summed E-state index contributed by atoms with van der Waals surface area (Å²) in [5.41, 5.74) is 11.0. The summed E-state index contributed by atoms with van der Waals surface area (Å²) in [5, 5.41) is 15.7. The number of fused-ring (bicyclic) bond motifs is 2. The van der Waals surface area contributed by atoms with E-state index in [9.17, 15) is 5.11 Å². The first-order valence-electron chi connectivity index (χ1n) is 8.89. The fourth-order valence-electron chi connectivity index (χ4n) is 3.22. The van der Waals surface area contributed by atoms with Crippen LogP contribution >= 0.6 is 0 Å². The molecule has 0 atom stereocenters. The van der Waals surface area contributed by atoms with Gasteiger partial charge in [-0.15, -0.1) is 5.53 Å². The number of aliphatic hydroxyl groups is 1. The number of anilines is 2. The molecule has 0 bridgehead atoms. The van der Waals surface area contributed by atoms with E-state index in [0.717, 1.165) is 33.5 Å². The molecule has 2 aromatic heterocycles. The zero-order valence-corrected chi connectivity index (χ0v) is 15.4. The Kier molecular flexibility index (Phi) is 3.61. The standard InChI is InChI=1S/C19H19N7O2/c1-19(2,9-27)26-16-6-4-11(7-15(16)23-25-26)17-22-18(28-24-17)12-3-5-13-14(8-12)21-10-20-13/h3-8,10,23,25,27H,9H2,1-2H3,(H,20,21). The van der Waals surface area contributed by atoms with Crippen LogP contribution in [0.2, 0.25) is 0 Å². The predicted molar refractivity (Wildman–Crippen MR) is 105 cm³/mol. The van der Waals surface area contributed by atoms with Crippen molar-refractivity contribution in [1.29, 1.82) is 0 Å². The molecule has 0 aliphatic carbocycles. The van der Waals surface area contributed by atoms with Gasteiger partial charge in [-0.25, -0.2) is 4.98 Å². The van der Waals surface area contributed by atoms with Crippen LogP contribution in [0.1, 0.15) is 13.8 Å². The number of aromatic nitrogens is 4. The van der Waals surface area contributed by atoms with Crippen LogP contribution in [0.3, 0.4) is 0 Å². The van der Waals surface area contributed by atoms with Crippen molar-refractivity contribution in [2.45, 2.75) is 19.4 Å². The average molecular weight is 377 g/mol. The molecule has 0 amide bonds. The highest BCUT2D eigenvalue weighted by atomic mass is 16.5. The number of hydrazine groups is 2. The Labute approximate surface area is 160 Å². The van der Waals surface area contributed by atoms with Gasteiger partial charge >= 0.3 is 0 Å². The summed E-state index contributed by atoms with van der Waals surface area (Å²) >= 11 is 0. The van der Waals surface area contributed by atoms with Crippen LogP contribution in [-0.2, 0) is 0 Å². The first-order valence-corrected chi connectivity index (χ1v) is 8.89. The smallest absolute Gasteiger partial charge is 0.258 e. The second-order valence-electron chi connectivity index (χ2n) is 7.33. The molecule has 0 saturated heterocycles. The molecule has 142 valence electrons. The fourth-order valence-corrected chi connectivity index (χ4v) is 3.22. The third-order valence-electron chi connectivity index (χ3n) is 4.88. The number of hydrogen-bond acceptors (Lipinski definition) is 8. The first kappa shape index (κ1) is 16.7. The number of hydrogen-bond donors (Lipinski definition) is 4. The molecule has 1 aliphatic rings. The van der Waals surface area contributed by atoms with Gasteiger partial charge in [-0.1, -0.05) is 5.16 Å². The number of aromatic amines is 1. The minimum atomic E-state index is -0.454. The number of nitrogens with zero attached hydrogens (tertiary/aromatic N) is 4. The molecule has 1 aliphatic heterocycles. The number of rotatable bonds is 4. The molecule has 0 spiro atoms. The monoisotopic (exact) mass is 377 g/mol. The van der Waals surface area contributed by atoms with E-state index in [1.54, 1.807) is 6.33 Å². The third kappa shape index (κ3) is 2.60. The average Bonchev–Trinajstić information content (AvgIpc) is 3.45. The Balaban J connectivity index is 1.46. The van der Waals surface area contributed by atoms with Gasteiger partial charge in [0, 0.05) is 11.1 Å². The Morgan fingerprint density at radius 3 is 2.86 bits per heavy atom. The summed E-state index contributed by atoms with van der Waals surface area (Å²) in [5.74, 6) is 0.949. The lowest BCUT2D eigenvalue weighted by molar-refractivity contribution is 0.206. The quantitative estimate of drug-likeness (QED) is 0.429. The molecule has 2 aromatic carbocycles. The van der Waals surface area contributed by atoms with Crippen molar-refractivity contribution >= 4 is 22.4 Å². The second-order valence-corrected chi connectivity index (χ2v) is 7.33. The summed E-state index contributed by atoms with van der Waals surface area (Å²) in [4.78, 5) is 11.8. The van der Waals surface area contributed by atoms with Crippen LogP contribution in [0.4, 0.5) is 11.4 Å². The van der Waals surface area contributed by atoms with Gasteiger partial charge in [0.2, 0.25) is 5.82 Å². The topological polar surface area (TPSA) is 115 Å². The van der Waals surface area contributed by atoms with Crippen LogP contribution in [0, 0.1) is 0 Å². The molecule has 0 radical (unpaired) electrons. The van der Waals surface area contributed by atoms with E-state index in [0.29, 0.717) is 11.7 Å². The van der Waals surface area contributed by atoms with Crippen LogP contribution in [-0.4, -0.2) is 37.4 Å². The van der Waals surface area contributed by atoms with E-state index in [4.69, 9.17) is 4.52 Å². The van der Waals surface area contributed by atoms with Crippen molar-refractivity contribution in [2.75, 3.05) is 17.0 Å². The van der Waals surface area contributed by atoms with Gasteiger partial charge in [-0.3, -0.25) is 5.01 Å². The van der Waals surface area contributed by atoms with E-state index in [1.165, 1.54) is 0 Å². The summed E-state index contributed by atoms with van der Waals surface area (Å²) in [6.07, 6.45) is 1.65. The Bertz CT molecular complexity index is 1160. The number of benzene rings is 2. The van der Waals surface area contributed by atoms with Crippen LogP contribution < -0.4 is 16.0 Å². The maximum absolute atomic E-state index is 9.63. The number of imidazole rings is 1. The van der Waals surface area contributed by atoms with E-state index in [-0.39, 0.29) is 6.61 Å². The molecule has 0 unspecified atom stereocenters. The number of nitrogens with one attached hydrogen (secondary N) is 3. The van der Waals surface area contributed by atoms with Crippen molar-refractivity contribution < 1.29 is 9.63 Å². The largest absolute Gasteiger partial charge is 0.394 e. The Hall–Kier alpha value is -3.43. The zero-order chi connectivity index (χ0) is 19.3. The predicted octanol–water partition coefficient (Wildman–Crippen LogP) is 2.70. The molecule has 3 heterocycles. The Morgan fingerprint density at radius 1 is 1.14 bits per heavy atom. The molecule has 4 aromatic rings. The molecular formula is C19H19N7O2. The molecule has 28 heavy (non-hydrogen) atoms. The lowest BCUT2D eigenvalue weighted by atomic mass is 10.0. The van der Waals surface area contributed by atoms with Gasteiger partial charge < -0.3 is 20.0 Å². The molecule has 9 nitrogen and oxygen atoms in total. The van der Waals surface area contributed by atoms with Gasteiger partial charge in [0.1, 0.15) is 0 Å². The lowest BCUT2D eigenvalue weighted by Gasteiger charge is -2.34. The highest BCUT2D eigenvalue weighted by molar-refractivity contribution is 5.81. The van der Waals surface area contributed by atoms with Crippen molar-refractivity contribution in [3.05, 3.63) is 42.7 Å². The van der Waals surface area contributed by atoms with E-state index < -0.39 is 5.54 Å². The molecular weight excluding hydrogens is 358 g/mol. The first-order chi connectivity index (χ1) is 13.5. The second kappa shape index (κ2) is 6.04. The zero-order valence-electron chi connectivity index (χ0n) is 15.4. The van der Waals surface area contributed by atoms with Gasteiger partial charge in [-0.05, 0) is 50.2 Å². The normalized spacial score (nSPS) is 13.8. The van der Waals surface area contributed by atoms with Gasteiger partial charge in [-0.2, -0.15) is 4.98 Å². The highest BCUT2D eigenvalue weighted by Gasteiger charge is 2.32. The third-order valence-corrected chi connectivity index (χ3v) is 4.88. The lowest BCUT2D eigenvalue weighted by Crippen LogP contribution is -2.53. The van der Waals surface area contributed by atoms with Gasteiger partial charge in [0.15, 0.2) is 0 Å². The van der Waals surface area contributed by atoms with Crippen molar-refractivity contribution in [1.82, 2.24) is 25.6 Å². The molecule has 9 heteroatoms. The minimum Gasteiger partial charge on any atom is -0.394 e. The number of H-pyrrole nitrogens is 1. The van der Waals surface area contributed by atoms with Crippen molar-refractivity contribution in [3.63, 3.8) is 0 Å². The van der Waals surface area contributed by atoms with E-state index in [1.807, 2.05) is 55.3 Å². The number of aliphatic hydroxyl groups excluding tert-OH is 1. The maximum atomic E-state index is 9.63. The highest BCUT2D eigenvalue weighted by Crippen LogP contribution is 2.36. The molecule has 4 N–H and O–H groups in total. The summed E-state index contributed by atoms with van der Waals surface area (Å²) < 4.78 is 5.47.